The topological polar surface area (TPSA) is 37.4 Å². The van der Waals surface area contributed by atoms with Crippen molar-refractivity contribution in [2.75, 3.05) is 6.54 Å². The lowest BCUT2D eigenvalue weighted by Gasteiger charge is -2.44. The number of likely N-dealkylation sites (tertiary alicyclic amines) is 1. The molecule has 0 aromatic heterocycles. The maximum Gasteiger partial charge on any atom is 0.223 e. The van der Waals surface area contributed by atoms with Crippen LogP contribution in [-0.2, 0) is 16.8 Å². The molecule has 1 aliphatic heterocycles. The third-order valence-electron chi connectivity index (χ3n) is 5.55. The third kappa shape index (κ3) is 2.54. The van der Waals surface area contributed by atoms with Crippen LogP contribution in [0.15, 0.2) is 54.6 Å². The zero-order valence-electron chi connectivity index (χ0n) is 13.7. The van der Waals surface area contributed by atoms with E-state index >= 15 is 0 Å². The maximum atomic E-state index is 12.8. The molecule has 2 aliphatic rings. The van der Waals surface area contributed by atoms with Crippen LogP contribution in [0.1, 0.15) is 47.2 Å². The molecule has 4 rings (SSSR count). The average Bonchev–Trinajstić information content (AvgIpc) is 2.62. The third-order valence-corrected chi connectivity index (χ3v) is 5.55. The lowest BCUT2D eigenvalue weighted by molar-refractivity contribution is -0.136. The summed E-state index contributed by atoms with van der Waals surface area (Å²) < 4.78 is 0. The predicted octanol–water partition coefficient (Wildman–Crippen LogP) is 3.72. The highest BCUT2D eigenvalue weighted by Crippen LogP contribution is 2.45. The molecule has 0 bridgehead atoms. The van der Waals surface area contributed by atoms with Gasteiger partial charge in [-0.05, 0) is 24.0 Å². The summed E-state index contributed by atoms with van der Waals surface area (Å²) in [5, 5.41) is 0. The maximum absolute atomic E-state index is 12.8. The van der Waals surface area contributed by atoms with Gasteiger partial charge in [-0.3, -0.25) is 9.59 Å². The van der Waals surface area contributed by atoms with Gasteiger partial charge in [0.25, 0.3) is 0 Å². The number of piperidine rings is 1. The number of hydrogen-bond donors (Lipinski definition) is 0. The molecule has 0 N–H and O–H groups in total. The molecule has 1 heterocycles. The van der Waals surface area contributed by atoms with Crippen LogP contribution in [0.25, 0.3) is 0 Å². The lowest BCUT2D eigenvalue weighted by atomic mass is 9.64. The van der Waals surface area contributed by atoms with E-state index in [0.717, 1.165) is 30.5 Å². The van der Waals surface area contributed by atoms with Gasteiger partial charge in [0.2, 0.25) is 5.91 Å². The van der Waals surface area contributed by atoms with E-state index in [0.29, 0.717) is 19.4 Å². The van der Waals surface area contributed by atoms with Crippen LogP contribution in [0, 0.1) is 0 Å². The van der Waals surface area contributed by atoms with E-state index in [-0.39, 0.29) is 17.1 Å². The molecule has 1 amide bonds. The fourth-order valence-corrected chi connectivity index (χ4v) is 4.19. The van der Waals surface area contributed by atoms with Gasteiger partial charge in [-0.2, -0.15) is 0 Å². The molecule has 1 spiro atoms. The Morgan fingerprint density at radius 3 is 2.46 bits per heavy atom. The van der Waals surface area contributed by atoms with Gasteiger partial charge in [0, 0.05) is 36.9 Å². The SMILES string of the molecule is O=C1CCC2(CCN(Cc3ccccc3)C(=O)C2)c2ccccc21. The molecule has 1 aliphatic carbocycles. The number of Topliss-reactive ketones (excluding diaryl/α,β-unsaturated/α-hetero) is 1. The van der Waals surface area contributed by atoms with Crippen LogP contribution in [-0.4, -0.2) is 23.1 Å². The Hall–Kier alpha value is -2.42. The molecular weight excluding hydrogens is 298 g/mol. The molecule has 0 radical (unpaired) electrons. The number of amides is 1. The van der Waals surface area contributed by atoms with E-state index < -0.39 is 0 Å². The number of benzene rings is 2. The molecule has 3 heteroatoms. The molecular formula is C21H21NO2. The minimum absolute atomic E-state index is 0.144. The largest absolute Gasteiger partial charge is 0.338 e. The molecule has 24 heavy (non-hydrogen) atoms. The number of hydrogen-bond acceptors (Lipinski definition) is 2. The average molecular weight is 319 g/mol. The Kier molecular flexibility index (Phi) is 3.72. The van der Waals surface area contributed by atoms with E-state index in [9.17, 15) is 9.59 Å². The van der Waals surface area contributed by atoms with Crippen molar-refractivity contribution in [3.63, 3.8) is 0 Å². The molecule has 1 unspecified atom stereocenters. The summed E-state index contributed by atoms with van der Waals surface area (Å²) in [5.41, 5.74) is 2.94. The normalized spacial score (nSPS) is 23.4. The summed E-state index contributed by atoms with van der Waals surface area (Å²) in [6.45, 7) is 1.44. The van der Waals surface area contributed by atoms with Crippen LogP contribution >= 0.6 is 0 Å². The summed E-state index contributed by atoms with van der Waals surface area (Å²) >= 11 is 0. The minimum Gasteiger partial charge on any atom is -0.338 e. The Morgan fingerprint density at radius 2 is 1.67 bits per heavy atom. The number of fused-ring (bicyclic) bond motifs is 2. The van der Waals surface area contributed by atoms with Crippen molar-refractivity contribution in [3.05, 3.63) is 71.3 Å². The summed E-state index contributed by atoms with van der Waals surface area (Å²) in [4.78, 5) is 27.0. The van der Waals surface area contributed by atoms with Gasteiger partial charge in [0.05, 0.1) is 0 Å². The standard InChI is InChI=1S/C21H21NO2/c23-19-10-11-21(18-9-5-4-8-17(18)19)12-13-22(20(24)14-21)15-16-6-2-1-3-7-16/h1-9H,10-15H2. The van der Waals surface area contributed by atoms with E-state index in [1.54, 1.807) is 0 Å². The van der Waals surface area contributed by atoms with Crippen LogP contribution in [0.5, 0.6) is 0 Å². The van der Waals surface area contributed by atoms with Gasteiger partial charge < -0.3 is 4.90 Å². The fraction of sp³-hybridized carbons (Fsp3) is 0.333. The smallest absolute Gasteiger partial charge is 0.223 e. The van der Waals surface area contributed by atoms with Crippen molar-refractivity contribution in [3.8, 4) is 0 Å². The zero-order chi connectivity index (χ0) is 16.6. The summed E-state index contributed by atoms with van der Waals surface area (Å²) in [6.07, 6.45) is 2.82. The van der Waals surface area contributed by atoms with Crippen LogP contribution < -0.4 is 0 Å². The first-order valence-corrected chi connectivity index (χ1v) is 8.62. The van der Waals surface area contributed by atoms with Gasteiger partial charge in [0.15, 0.2) is 5.78 Å². The fourth-order valence-electron chi connectivity index (χ4n) is 4.19. The Bertz CT molecular complexity index is 783. The summed E-state index contributed by atoms with van der Waals surface area (Å²) in [6, 6.07) is 18.0. The molecule has 3 nitrogen and oxygen atoms in total. The summed E-state index contributed by atoms with van der Waals surface area (Å²) in [5.74, 6) is 0.421. The Morgan fingerprint density at radius 1 is 0.917 bits per heavy atom. The van der Waals surface area contributed by atoms with E-state index in [4.69, 9.17) is 0 Å². The molecule has 1 atom stereocenters. The highest BCUT2D eigenvalue weighted by molar-refractivity contribution is 5.99. The minimum atomic E-state index is -0.144. The van der Waals surface area contributed by atoms with Crippen molar-refractivity contribution in [2.45, 2.75) is 37.6 Å². The molecule has 0 saturated carbocycles. The lowest BCUT2D eigenvalue weighted by Crippen LogP contribution is -2.47. The quantitative estimate of drug-likeness (QED) is 0.846. The Labute approximate surface area is 142 Å². The van der Waals surface area contributed by atoms with Crippen molar-refractivity contribution in [2.24, 2.45) is 0 Å². The highest BCUT2D eigenvalue weighted by Gasteiger charge is 2.44. The Balaban J connectivity index is 1.58. The van der Waals surface area contributed by atoms with Gasteiger partial charge in [0.1, 0.15) is 0 Å². The molecule has 2 aromatic carbocycles. The number of rotatable bonds is 2. The molecule has 1 saturated heterocycles. The second-order valence-electron chi connectivity index (χ2n) is 6.98. The van der Waals surface area contributed by atoms with E-state index in [2.05, 4.69) is 12.1 Å². The zero-order valence-corrected chi connectivity index (χ0v) is 13.7. The monoisotopic (exact) mass is 319 g/mol. The van der Waals surface area contributed by atoms with Crippen molar-refractivity contribution >= 4 is 11.7 Å². The highest BCUT2D eigenvalue weighted by atomic mass is 16.2. The first-order chi connectivity index (χ1) is 11.7. The predicted molar refractivity (Wildman–Crippen MR) is 92.8 cm³/mol. The van der Waals surface area contributed by atoms with Gasteiger partial charge in [-0.25, -0.2) is 0 Å². The second kappa shape index (κ2) is 5.90. The van der Waals surface area contributed by atoms with Crippen molar-refractivity contribution < 1.29 is 9.59 Å². The number of carbonyl (C=O) groups excluding carboxylic acids is 2. The number of ketones is 1. The van der Waals surface area contributed by atoms with Crippen LogP contribution in [0.2, 0.25) is 0 Å². The van der Waals surface area contributed by atoms with Gasteiger partial charge >= 0.3 is 0 Å². The van der Waals surface area contributed by atoms with Gasteiger partial charge in [-0.1, -0.05) is 54.6 Å². The van der Waals surface area contributed by atoms with E-state index in [1.807, 2.05) is 47.4 Å². The molecule has 122 valence electrons. The van der Waals surface area contributed by atoms with Crippen LogP contribution in [0.3, 0.4) is 0 Å². The van der Waals surface area contributed by atoms with Crippen molar-refractivity contribution in [1.29, 1.82) is 0 Å². The van der Waals surface area contributed by atoms with Gasteiger partial charge in [-0.15, -0.1) is 0 Å². The molecule has 1 fully saturated rings. The summed E-state index contributed by atoms with van der Waals surface area (Å²) in [7, 11) is 0. The van der Waals surface area contributed by atoms with Crippen LogP contribution in [0.4, 0.5) is 0 Å². The second-order valence-corrected chi connectivity index (χ2v) is 6.98. The van der Waals surface area contributed by atoms with E-state index in [1.165, 1.54) is 5.56 Å². The first kappa shape index (κ1) is 15.1. The van der Waals surface area contributed by atoms with Crippen molar-refractivity contribution in [1.82, 2.24) is 4.90 Å². The first-order valence-electron chi connectivity index (χ1n) is 8.62. The number of nitrogens with zero attached hydrogens (tertiary/aromatic N) is 1. The number of carbonyl (C=O) groups is 2. The molecule has 2 aromatic rings.